The lowest BCUT2D eigenvalue weighted by atomic mass is 10.1. The maximum absolute atomic E-state index is 14.0. The van der Waals surface area contributed by atoms with Crippen molar-refractivity contribution in [1.82, 2.24) is 9.78 Å². The van der Waals surface area contributed by atoms with Crippen LogP contribution in [0.3, 0.4) is 0 Å². The van der Waals surface area contributed by atoms with Gasteiger partial charge in [0.1, 0.15) is 11.5 Å². The summed E-state index contributed by atoms with van der Waals surface area (Å²) in [5.41, 5.74) is 1.09. The molecule has 0 aliphatic carbocycles. The summed E-state index contributed by atoms with van der Waals surface area (Å²) < 4.78 is 16.1. The Bertz CT molecular complexity index is 685. The van der Waals surface area contributed by atoms with Crippen molar-refractivity contribution in [2.24, 2.45) is 7.05 Å². The molecule has 2 aromatic rings. The van der Waals surface area contributed by atoms with Crippen LogP contribution in [-0.4, -0.2) is 20.9 Å². The van der Waals surface area contributed by atoms with Gasteiger partial charge in [0, 0.05) is 18.3 Å². The number of benzene rings is 1. The summed E-state index contributed by atoms with van der Waals surface area (Å²) in [6, 6.07) is 2.17. The zero-order valence-electron chi connectivity index (χ0n) is 10.0. The first-order valence-electron chi connectivity index (χ1n) is 5.24. The third kappa shape index (κ3) is 2.37. The minimum absolute atomic E-state index is 0.0948. The largest absolute Gasteiger partial charge is 0.478 e. The molecule has 0 bridgehead atoms. The number of aromatic nitrogens is 2. The van der Waals surface area contributed by atoms with Crippen molar-refractivity contribution in [1.29, 1.82) is 0 Å². The summed E-state index contributed by atoms with van der Waals surface area (Å²) in [6.07, 6.45) is 0. The smallest absolute Gasteiger partial charge is 0.337 e. The van der Waals surface area contributed by atoms with Gasteiger partial charge in [-0.1, -0.05) is 11.6 Å². The van der Waals surface area contributed by atoms with E-state index in [0.29, 0.717) is 10.2 Å². The Hall–Kier alpha value is -1.40. The summed E-state index contributed by atoms with van der Waals surface area (Å²) in [5, 5.41) is 13.0. The molecule has 1 aromatic carbocycles. The summed E-state index contributed by atoms with van der Waals surface area (Å²) in [7, 11) is 1.72. The Morgan fingerprint density at radius 1 is 1.53 bits per heavy atom. The number of rotatable bonds is 2. The molecule has 7 heteroatoms. The van der Waals surface area contributed by atoms with Crippen molar-refractivity contribution in [3.8, 4) is 11.3 Å². The second-order valence-corrected chi connectivity index (χ2v) is 5.19. The minimum Gasteiger partial charge on any atom is -0.478 e. The molecule has 1 N–H and O–H groups in total. The normalized spacial score (nSPS) is 10.8. The van der Waals surface area contributed by atoms with Gasteiger partial charge in [-0.3, -0.25) is 4.68 Å². The molecule has 0 spiro atoms. The molecule has 1 heterocycles. The minimum atomic E-state index is -1.21. The van der Waals surface area contributed by atoms with Gasteiger partial charge in [0.25, 0.3) is 0 Å². The number of carboxylic acids is 1. The number of nitrogens with zero attached hydrogens (tertiary/aromatic N) is 2. The zero-order chi connectivity index (χ0) is 14.3. The van der Waals surface area contributed by atoms with Crippen molar-refractivity contribution < 1.29 is 14.3 Å². The van der Waals surface area contributed by atoms with Crippen LogP contribution < -0.4 is 0 Å². The van der Waals surface area contributed by atoms with E-state index in [1.165, 1.54) is 6.07 Å². The standard InChI is InChI=1S/C12H9BrClFN2O2/c1-5-10(13)11(16-17(5)2)7-3-6(12(18)19)8(14)4-9(7)15/h3-4H,1-2H3,(H,18,19). The molecule has 0 saturated carbocycles. The summed E-state index contributed by atoms with van der Waals surface area (Å²) >= 11 is 9.02. The number of hydrogen-bond acceptors (Lipinski definition) is 2. The van der Waals surface area contributed by atoms with Gasteiger partial charge in [0.2, 0.25) is 0 Å². The molecule has 0 aliphatic heterocycles. The van der Waals surface area contributed by atoms with Crippen molar-refractivity contribution >= 4 is 33.5 Å². The molecule has 0 radical (unpaired) electrons. The molecule has 2 rings (SSSR count). The predicted molar refractivity (Wildman–Crippen MR) is 73.0 cm³/mol. The van der Waals surface area contributed by atoms with Gasteiger partial charge in [-0.05, 0) is 35.0 Å². The molecule has 0 atom stereocenters. The highest BCUT2D eigenvalue weighted by atomic mass is 79.9. The number of carboxylic acid groups (broad SMARTS) is 1. The fraction of sp³-hybridized carbons (Fsp3) is 0.167. The third-order valence-electron chi connectivity index (χ3n) is 2.80. The Labute approximate surface area is 121 Å². The van der Waals surface area contributed by atoms with Crippen LogP contribution in [0.4, 0.5) is 4.39 Å². The molecule has 0 saturated heterocycles. The van der Waals surface area contributed by atoms with E-state index in [2.05, 4.69) is 21.0 Å². The SMILES string of the molecule is Cc1c(Br)c(-c2cc(C(=O)O)c(Cl)cc2F)nn1C. The predicted octanol–water partition coefficient (Wildman–Crippen LogP) is 3.65. The van der Waals surface area contributed by atoms with Crippen LogP contribution in [0.2, 0.25) is 5.02 Å². The molecule has 0 aliphatic rings. The Kier molecular flexibility index (Phi) is 3.64. The number of aryl methyl sites for hydroxylation is 1. The highest BCUT2D eigenvalue weighted by Gasteiger charge is 2.20. The topological polar surface area (TPSA) is 55.1 Å². The second-order valence-electron chi connectivity index (χ2n) is 3.99. The van der Waals surface area contributed by atoms with E-state index in [1.807, 2.05) is 6.92 Å². The fourth-order valence-electron chi connectivity index (χ4n) is 1.65. The van der Waals surface area contributed by atoms with Crippen LogP contribution >= 0.6 is 27.5 Å². The van der Waals surface area contributed by atoms with Crippen LogP contribution in [-0.2, 0) is 7.05 Å². The van der Waals surface area contributed by atoms with Gasteiger partial charge < -0.3 is 5.11 Å². The quantitative estimate of drug-likeness (QED) is 0.902. The van der Waals surface area contributed by atoms with Gasteiger partial charge in [-0.25, -0.2) is 9.18 Å². The number of aromatic carboxylic acids is 1. The molecule has 0 unspecified atom stereocenters. The Morgan fingerprint density at radius 3 is 2.63 bits per heavy atom. The van der Waals surface area contributed by atoms with E-state index in [4.69, 9.17) is 16.7 Å². The number of carbonyl (C=O) groups is 1. The maximum atomic E-state index is 14.0. The Balaban J connectivity index is 2.71. The van der Waals surface area contributed by atoms with Crippen molar-refractivity contribution in [2.75, 3.05) is 0 Å². The van der Waals surface area contributed by atoms with Gasteiger partial charge >= 0.3 is 5.97 Å². The van der Waals surface area contributed by atoms with Crippen molar-refractivity contribution in [2.45, 2.75) is 6.92 Å². The first kappa shape index (κ1) is 14.0. The first-order chi connectivity index (χ1) is 8.82. The molecule has 0 amide bonds. The van der Waals surface area contributed by atoms with E-state index >= 15 is 0 Å². The van der Waals surface area contributed by atoms with Crippen LogP contribution in [0.25, 0.3) is 11.3 Å². The van der Waals surface area contributed by atoms with Gasteiger partial charge in [-0.15, -0.1) is 0 Å². The van der Waals surface area contributed by atoms with E-state index < -0.39 is 11.8 Å². The fourth-order valence-corrected chi connectivity index (χ4v) is 2.43. The number of hydrogen-bond donors (Lipinski definition) is 1. The van der Waals surface area contributed by atoms with Gasteiger partial charge in [0.15, 0.2) is 0 Å². The van der Waals surface area contributed by atoms with Crippen LogP contribution in [0.5, 0.6) is 0 Å². The average molecular weight is 348 g/mol. The molecular weight excluding hydrogens is 338 g/mol. The molecule has 0 fully saturated rings. The average Bonchev–Trinajstić information content (AvgIpc) is 2.57. The highest BCUT2D eigenvalue weighted by Crippen LogP contribution is 2.34. The molecule has 4 nitrogen and oxygen atoms in total. The van der Waals surface area contributed by atoms with Crippen LogP contribution in [0.15, 0.2) is 16.6 Å². The maximum Gasteiger partial charge on any atom is 0.337 e. The molecule has 1 aromatic heterocycles. The lowest BCUT2D eigenvalue weighted by Gasteiger charge is -2.05. The third-order valence-corrected chi connectivity index (χ3v) is 4.07. The molecular formula is C12H9BrClFN2O2. The van der Waals surface area contributed by atoms with Gasteiger partial charge in [-0.2, -0.15) is 5.10 Å². The highest BCUT2D eigenvalue weighted by molar-refractivity contribution is 9.10. The van der Waals surface area contributed by atoms with Crippen LogP contribution in [0.1, 0.15) is 16.1 Å². The monoisotopic (exact) mass is 346 g/mol. The van der Waals surface area contributed by atoms with E-state index in [-0.39, 0.29) is 16.1 Å². The summed E-state index contributed by atoms with van der Waals surface area (Å²) in [6.45, 7) is 1.81. The molecule has 100 valence electrons. The first-order valence-corrected chi connectivity index (χ1v) is 6.41. The lowest BCUT2D eigenvalue weighted by Crippen LogP contribution is -2.00. The number of halogens is 3. The van der Waals surface area contributed by atoms with Gasteiger partial charge in [0.05, 0.1) is 15.1 Å². The van der Waals surface area contributed by atoms with E-state index in [1.54, 1.807) is 11.7 Å². The summed E-state index contributed by atoms with van der Waals surface area (Å²) in [5.74, 6) is -1.83. The molecule has 19 heavy (non-hydrogen) atoms. The second kappa shape index (κ2) is 4.94. The van der Waals surface area contributed by atoms with E-state index in [0.717, 1.165) is 11.8 Å². The van der Waals surface area contributed by atoms with Crippen LogP contribution in [0, 0.1) is 12.7 Å². The zero-order valence-corrected chi connectivity index (χ0v) is 12.4. The van der Waals surface area contributed by atoms with Crippen molar-refractivity contribution in [3.63, 3.8) is 0 Å². The Morgan fingerprint density at radius 2 is 2.16 bits per heavy atom. The summed E-state index contributed by atoms with van der Waals surface area (Å²) in [4.78, 5) is 11.0. The van der Waals surface area contributed by atoms with E-state index in [9.17, 15) is 9.18 Å². The van der Waals surface area contributed by atoms with Crippen molar-refractivity contribution in [3.05, 3.63) is 38.7 Å². The lowest BCUT2D eigenvalue weighted by molar-refractivity contribution is 0.0697.